The third kappa shape index (κ3) is 7.31. The van der Waals surface area contributed by atoms with E-state index < -0.39 is 0 Å². The molecule has 2 nitrogen and oxygen atoms in total. The molecule has 0 aromatic carbocycles. The van der Waals surface area contributed by atoms with Crippen molar-refractivity contribution in [1.29, 1.82) is 0 Å². The van der Waals surface area contributed by atoms with E-state index in [4.69, 9.17) is 0 Å². The van der Waals surface area contributed by atoms with E-state index in [1.807, 2.05) is 0 Å². The molecule has 114 valence electrons. The molecule has 0 bridgehead atoms. The van der Waals surface area contributed by atoms with Crippen molar-refractivity contribution in [2.75, 3.05) is 26.7 Å². The lowest BCUT2D eigenvalue weighted by Gasteiger charge is -2.36. The van der Waals surface area contributed by atoms with Crippen molar-refractivity contribution in [2.24, 2.45) is 11.3 Å². The Labute approximate surface area is 121 Å². The Bertz CT molecular complexity index is 226. The standard InChI is InChI=1S/C17H36N2/c1-6-12-18-16(15-10-8-7-9-11-15)13-19(5)14-17(2,3)4/h15-16,18H,6-14H2,1-5H3. The van der Waals surface area contributed by atoms with E-state index in [1.165, 1.54) is 58.2 Å². The van der Waals surface area contributed by atoms with Gasteiger partial charge in [0.25, 0.3) is 0 Å². The molecular weight excluding hydrogens is 232 g/mol. The second-order valence-electron chi connectivity index (χ2n) is 7.72. The van der Waals surface area contributed by atoms with Gasteiger partial charge in [0.2, 0.25) is 0 Å². The van der Waals surface area contributed by atoms with Crippen molar-refractivity contribution in [3.05, 3.63) is 0 Å². The predicted octanol–water partition coefficient (Wildman–Crippen LogP) is 3.91. The molecular formula is C17H36N2. The zero-order chi connectivity index (χ0) is 14.3. The third-order valence-corrected chi connectivity index (χ3v) is 4.13. The summed E-state index contributed by atoms with van der Waals surface area (Å²) in [6.07, 6.45) is 8.45. The smallest absolute Gasteiger partial charge is 0.0223 e. The first kappa shape index (κ1) is 17.0. The summed E-state index contributed by atoms with van der Waals surface area (Å²) < 4.78 is 0. The first-order valence-electron chi connectivity index (χ1n) is 8.34. The van der Waals surface area contributed by atoms with Gasteiger partial charge in [0, 0.05) is 19.1 Å². The van der Waals surface area contributed by atoms with E-state index in [0.29, 0.717) is 11.5 Å². The van der Waals surface area contributed by atoms with Crippen molar-refractivity contribution in [3.63, 3.8) is 0 Å². The Balaban J connectivity index is 2.47. The van der Waals surface area contributed by atoms with Gasteiger partial charge in [-0.1, -0.05) is 47.0 Å². The largest absolute Gasteiger partial charge is 0.312 e. The topological polar surface area (TPSA) is 15.3 Å². The lowest BCUT2D eigenvalue weighted by Crippen LogP contribution is -2.47. The summed E-state index contributed by atoms with van der Waals surface area (Å²) in [6, 6.07) is 0.701. The Morgan fingerprint density at radius 3 is 2.32 bits per heavy atom. The van der Waals surface area contributed by atoms with E-state index in [0.717, 1.165) is 5.92 Å². The molecule has 0 aromatic rings. The summed E-state index contributed by atoms with van der Waals surface area (Å²) in [4.78, 5) is 2.53. The second kappa shape index (κ2) is 8.26. The Kier molecular flexibility index (Phi) is 7.38. The van der Waals surface area contributed by atoms with Gasteiger partial charge >= 0.3 is 0 Å². The molecule has 2 heteroatoms. The van der Waals surface area contributed by atoms with Crippen LogP contribution in [0.5, 0.6) is 0 Å². The number of rotatable bonds is 7. The Morgan fingerprint density at radius 2 is 1.79 bits per heavy atom. The van der Waals surface area contributed by atoms with Gasteiger partial charge < -0.3 is 10.2 Å². The van der Waals surface area contributed by atoms with Gasteiger partial charge in [0.05, 0.1) is 0 Å². The first-order chi connectivity index (χ1) is 8.92. The summed E-state index contributed by atoms with van der Waals surface area (Å²) in [6.45, 7) is 12.8. The van der Waals surface area contributed by atoms with E-state index in [-0.39, 0.29) is 0 Å². The molecule has 1 fully saturated rings. The normalized spacial score (nSPS) is 19.9. The lowest BCUT2D eigenvalue weighted by atomic mass is 9.83. The van der Waals surface area contributed by atoms with Gasteiger partial charge in [-0.05, 0) is 44.2 Å². The molecule has 0 aromatic heterocycles. The predicted molar refractivity (Wildman–Crippen MR) is 85.6 cm³/mol. The highest BCUT2D eigenvalue weighted by molar-refractivity contribution is 4.82. The number of nitrogens with one attached hydrogen (secondary N) is 1. The monoisotopic (exact) mass is 268 g/mol. The van der Waals surface area contributed by atoms with Crippen molar-refractivity contribution >= 4 is 0 Å². The van der Waals surface area contributed by atoms with Crippen LogP contribution in [0.2, 0.25) is 0 Å². The molecule has 1 atom stereocenters. The molecule has 1 N–H and O–H groups in total. The van der Waals surface area contributed by atoms with Crippen molar-refractivity contribution in [3.8, 4) is 0 Å². The van der Waals surface area contributed by atoms with Crippen LogP contribution in [0.3, 0.4) is 0 Å². The maximum absolute atomic E-state index is 3.81. The number of hydrogen-bond acceptors (Lipinski definition) is 2. The molecule has 19 heavy (non-hydrogen) atoms. The quantitative estimate of drug-likeness (QED) is 0.753. The van der Waals surface area contributed by atoms with Crippen LogP contribution < -0.4 is 5.32 Å². The molecule has 0 spiro atoms. The average molecular weight is 268 g/mol. The SMILES string of the molecule is CCCNC(CN(C)CC(C)(C)C)C1CCCCC1. The van der Waals surface area contributed by atoms with Crippen LogP contribution in [0.4, 0.5) is 0 Å². The number of nitrogens with zero attached hydrogens (tertiary/aromatic N) is 1. The van der Waals surface area contributed by atoms with Gasteiger partial charge in [0.1, 0.15) is 0 Å². The summed E-state index contributed by atoms with van der Waals surface area (Å²) in [5, 5.41) is 3.81. The zero-order valence-corrected chi connectivity index (χ0v) is 14.0. The summed E-state index contributed by atoms with van der Waals surface area (Å²) in [5.74, 6) is 0.905. The van der Waals surface area contributed by atoms with Gasteiger partial charge in [-0.3, -0.25) is 0 Å². The second-order valence-corrected chi connectivity index (χ2v) is 7.72. The fourth-order valence-electron chi connectivity index (χ4n) is 3.46. The average Bonchev–Trinajstić information content (AvgIpc) is 2.33. The zero-order valence-electron chi connectivity index (χ0n) is 14.0. The van der Waals surface area contributed by atoms with Crippen molar-refractivity contribution < 1.29 is 0 Å². The Morgan fingerprint density at radius 1 is 1.16 bits per heavy atom. The first-order valence-corrected chi connectivity index (χ1v) is 8.34. The minimum absolute atomic E-state index is 0.399. The van der Waals surface area contributed by atoms with Gasteiger partial charge in [0.15, 0.2) is 0 Å². The van der Waals surface area contributed by atoms with Crippen LogP contribution in [-0.2, 0) is 0 Å². The van der Waals surface area contributed by atoms with E-state index >= 15 is 0 Å². The highest BCUT2D eigenvalue weighted by atomic mass is 15.1. The molecule has 1 aliphatic carbocycles. The molecule has 0 amide bonds. The molecule has 0 radical (unpaired) electrons. The van der Waals surface area contributed by atoms with Gasteiger partial charge in [-0.25, -0.2) is 0 Å². The molecule has 1 rings (SSSR count). The minimum Gasteiger partial charge on any atom is -0.312 e. The summed E-state index contributed by atoms with van der Waals surface area (Å²) in [7, 11) is 2.29. The lowest BCUT2D eigenvalue weighted by molar-refractivity contribution is 0.169. The fraction of sp³-hybridized carbons (Fsp3) is 1.00. The fourth-order valence-corrected chi connectivity index (χ4v) is 3.46. The van der Waals surface area contributed by atoms with Crippen LogP contribution >= 0.6 is 0 Å². The van der Waals surface area contributed by atoms with Crippen LogP contribution in [0, 0.1) is 11.3 Å². The minimum atomic E-state index is 0.399. The van der Waals surface area contributed by atoms with E-state index in [1.54, 1.807) is 0 Å². The van der Waals surface area contributed by atoms with E-state index in [9.17, 15) is 0 Å². The van der Waals surface area contributed by atoms with E-state index in [2.05, 4.69) is 45.0 Å². The molecule has 0 saturated heterocycles. The third-order valence-electron chi connectivity index (χ3n) is 4.13. The van der Waals surface area contributed by atoms with Crippen LogP contribution in [0.15, 0.2) is 0 Å². The van der Waals surface area contributed by atoms with Crippen LogP contribution in [0.1, 0.15) is 66.2 Å². The van der Waals surface area contributed by atoms with Gasteiger partial charge in [-0.2, -0.15) is 0 Å². The molecule has 0 aliphatic heterocycles. The highest BCUT2D eigenvalue weighted by Crippen LogP contribution is 2.27. The van der Waals surface area contributed by atoms with Gasteiger partial charge in [-0.15, -0.1) is 0 Å². The number of likely N-dealkylation sites (N-methyl/N-ethyl adjacent to an activating group) is 1. The Hall–Kier alpha value is -0.0800. The maximum atomic E-state index is 3.81. The molecule has 1 saturated carbocycles. The van der Waals surface area contributed by atoms with Crippen LogP contribution in [-0.4, -0.2) is 37.6 Å². The molecule has 1 aliphatic rings. The van der Waals surface area contributed by atoms with Crippen molar-refractivity contribution in [1.82, 2.24) is 10.2 Å². The molecule has 0 heterocycles. The summed E-state index contributed by atoms with van der Waals surface area (Å²) >= 11 is 0. The molecule has 1 unspecified atom stereocenters. The van der Waals surface area contributed by atoms with Crippen LogP contribution in [0.25, 0.3) is 0 Å². The maximum Gasteiger partial charge on any atom is 0.0223 e. The van der Waals surface area contributed by atoms with Crippen molar-refractivity contribution in [2.45, 2.75) is 72.3 Å². The summed E-state index contributed by atoms with van der Waals surface area (Å²) in [5.41, 5.74) is 0.399. The number of hydrogen-bond donors (Lipinski definition) is 1. The highest BCUT2D eigenvalue weighted by Gasteiger charge is 2.25.